The van der Waals surface area contributed by atoms with E-state index in [2.05, 4.69) is 15.3 Å². The Balaban J connectivity index is 2.21. The van der Waals surface area contributed by atoms with Crippen LogP contribution in [0.1, 0.15) is 43.1 Å². The summed E-state index contributed by atoms with van der Waals surface area (Å²) in [7, 11) is -3.00. The molecule has 2 aromatic heterocycles. The lowest BCUT2D eigenvalue weighted by molar-refractivity contribution is 0.589. The molecule has 7 nitrogen and oxygen atoms in total. The number of nitrogens with zero attached hydrogens (tertiary/aromatic N) is 4. The van der Waals surface area contributed by atoms with Crippen LogP contribution >= 0.6 is 11.3 Å². The molecule has 0 aromatic carbocycles. The minimum atomic E-state index is -3.00. The fraction of sp³-hybridized carbons (Fsp3) is 0.700. The summed E-state index contributed by atoms with van der Waals surface area (Å²) in [5.74, 6) is 1.07. The normalized spacial score (nSPS) is 14.4. The van der Waals surface area contributed by atoms with Crippen LogP contribution in [0, 0.1) is 0 Å². The molecule has 0 aliphatic heterocycles. The highest BCUT2D eigenvalue weighted by Crippen LogP contribution is 2.23. The second-order valence-corrected chi connectivity index (χ2v) is 8.12. The number of nitrogens with two attached hydrogens (primary N) is 1. The molecule has 0 radical (unpaired) electrons. The van der Waals surface area contributed by atoms with Crippen LogP contribution < -0.4 is 5.73 Å². The zero-order valence-electron chi connectivity index (χ0n) is 11.1. The molecule has 0 aliphatic carbocycles. The molecule has 2 aromatic rings. The monoisotopic (exact) mass is 303 g/mol. The van der Waals surface area contributed by atoms with Gasteiger partial charge in [0.25, 0.3) is 0 Å². The van der Waals surface area contributed by atoms with Gasteiger partial charge in [-0.15, -0.1) is 10.2 Å². The summed E-state index contributed by atoms with van der Waals surface area (Å²) in [4.78, 5) is 0.688. The van der Waals surface area contributed by atoms with Crippen LogP contribution in [-0.2, 0) is 9.84 Å². The fourth-order valence-electron chi connectivity index (χ4n) is 1.62. The Labute approximate surface area is 115 Å². The minimum Gasteiger partial charge on any atom is -0.322 e. The molecule has 1 atom stereocenters. The van der Waals surface area contributed by atoms with Crippen molar-refractivity contribution in [3.05, 3.63) is 10.8 Å². The Morgan fingerprint density at radius 3 is 2.63 bits per heavy atom. The Morgan fingerprint density at radius 1 is 1.37 bits per heavy atom. The van der Waals surface area contributed by atoms with Gasteiger partial charge in [0.15, 0.2) is 5.82 Å². The van der Waals surface area contributed by atoms with E-state index in [4.69, 9.17) is 5.73 Å². The van der Waals surface area contributed by atoms with E-state index in [1.165, 1.54) is 17.6 Å². The number of sulfone groups is 1. The Bertz CT molecular complexity index is 673. The first-order valence-electron chi connectivity index (χ1n) is 5.93. The van der Waals surface area contributed by atoms with Crippen molar-refractivity contribution in [2.75, 3.05) is 12.0 Å². The summed E-state index contributed by atoms with van der Waals surface area (Å²) in [6.45, 7) is 4.03. The molecule has 0 fully saturated rings. The van der Waals surface area contributed by atoms with Crippen LogP contribution in [0.2, 0.25) is 0 Å². The van der Waals surface area contributed by atoms with Crippen molar-refractivity contribution in [3.63, 3.8) is 0 Å². The van der Waals surface area contributed by atoms with Crippen molar-refractivity contribution in [2.45, 2.75) is 32.2 Å². The first kappa shape index (κ1) is 14.4. The van der Waals surface area contributed by atoms with Gasteiger partial charge in [0.2, 0.25) is 4.96 Å². The molecular weight excluding hydrogens is 286 g/mol. The standard InChI is InChI=1S/C10H17N5O2S2/c1-6(2)8-12-13-10-15(8)14-9(18-10)7(11)4-5-19(3,16)17/h6-7H,4-5,11H2,1-3H3. The predicted molar refractivity (Wildman–Crippen MR) is 74.0 cm³/mol. The van der Waals surface area contributed by atoms with Gasteiger partial charge in [0, 0.05) is 12.2 Å². The molecule has 2 N–H and O–H groups in total. The van der Waals surface area contributed by atoms with Crippen molar-refractivity contribution in [1.29, 1.82) is 0 Å². The molecule has 1 unspecified atom stereocenters. The van der Waals surface area contributed by atoms with E-state index in [9.17, 15) is 8.42 Å². The third-order valence-corrected chi connectivity index (χ3v) is 4.67. The van der Waals surface area contributed by atoms with Gasteiger partial charge >= 0.3 is 0 Å². The van der Waals surface area contributed by atoms with E-state index in [1.54, 1.807) is 4.52 Å². The lowest BCUT2D eigenvalue weighted by Crippen LogP contribution is -2.16. The average Bonchev–Trinajstić information content (AvgIpc) is 2.82. The van der Waals surface area contributed by atoms with Crippen molar-refractivity contribution in [1.82, 2.24) is 19.8 Å². The quantitative estimate of drug-likeness (QED) is 0.874. The number of fused-ring (bicyclic) bond motifs is 1. The molecule has 0 spiro atoms. The zero-order valence-corrected chi connectivity index (χ0v) is 12.7. The first-order valence-corrected chi connectivity index (χ1v) is 8.81. The lowest BCUT2D eigenvalue weighted by atomic mass is 10.2. The molecular formula is C10H17N5O2S2. The Kier molecular flexibility index (Phi) is 3.88. The number of hydrogen-bond acceptors (Lipinski definition) is 7. The third-order valence-electron chi connectivity index (χ3n) is 2.66. The molecule has 9 heteroatoms. The molecule has 2 rings (SSSR count). The van der Waals surface area contributed by atoms with Crippen molar-refractivity contribution in [3.8, 4) is 0 Å². The summed E-state index contributed by atoms with van der Waals surface area (Å²) in [5, 5.41) is 13.2. The summed E-state index contributed by atoms with van der Waals surface area (Å²) < 4.78 is 24.0. The number of hydrogen-bond donors (Lipinski definition) is 1. The summed E-state index contributed by atoms with van der Waals surface area (Å²) in [5.41, 5.74) is 5.97. The van der Waals surface area contributed by atoms with Crippen molar-refractivity contribution in [2.24, 2.45) is 5.73 Å². The molecule has 0 aliphatic rings. The van der Waals surface area contributed by atoms with E-state index in [-0.39, 0.29) is 17.7 Å². The van der Waals surface area contributed by atoms with Crippen molar-refractivity contribution >= 4 is 26.1 Å². The van der Waals surface area contributed by atoms with Gasteiger partial charge in [-0.2, -0.15) is 9.61 Å². The van der Waals surface area contributed by atoms with Gasteiger partial charge in [0.1, 0.15) is 14.8 Å². The number of rotatable bonds is 5. The maximum Gasteiger partial charge on any atom is 0.234 e. The minimum absolute atomic E-state index is 0.0609. The van der Waals surface area contributed by atoms with E-state index in [0.717, 1.165) is 5.82 Å². The van der Waals surface area contributed by atoms with Crippen LogP contribution in [0.3, 0.4) is 0 Å². The molecule has 0 amide bonds. The zero-order chi connectivity index (χ0) is 14.2. The molecule has 0 saturated carbocycles. The van der Waals surface area contributed by atoms with E-state index in [1.807, 2.05) is 13.8 Å². The number of aromatic nitrogens is 4. The van der Waals surface area contributed by atoms with Gasteiger partial charge in [-0.05, 0) is 6.42 Å². The van der Waals surface area contributed by atoms with E-state index < -0.39 is 9.84 Å². The Hall–Kier alpha value is -1.06. The molecule has 2 heterocycles. The molecule has 19 heavy (non-hydrogen) atoms. The second-order valence-electron chi connectivity index (χ2n) is 4.87. The van der Waals surface area contributed by atoms with Gasteiger partial charge in [0.05, 0.1) is 11.8 Å². The average molecular weight is 303 g/mol. The first-order chi connectivity index (χ1) is 8.78. The molecule has 0 saturated heterocycles. The molecule has 0 bridgehead atoms. The highest BCUT2D eigenvalue weighted by Gasteiger charge is 2.18. The van der Waals surface area contributed by atoms with Gasteiger partial charge in [-0.1, -0.05) is 25.2 Å². The summed E-state index contributed by atoms with van der Waals surface area (Å²) >= 11 is 1.35. The topological polar surface area (TPSA) is 103 Å². The third kappa shape index (κ3) is 3.28. The summed E-state index contributed by atoms with van der Waals surface area (Å²) in [6, 6.07) is -0.388. The SMILES string of the molecule is CC(C)c1nnc2sc(C(N)CCS(C)(=O)=O)nn12. The second kappa shape index (κ2) is 5.14. The van der Waals surface area contributed by atoms with Crippen LogP contribution in [-0.4, -0.2) is 40.2 Å². The highest BCUT2D eigenvalue weighted by atomic mass is 32.2. The highest BCUT2D eigenvalue weighted by molar-refractivity contribution is 7.90. The maximum absolute atomic E-state index is 11.1. The smallest absolute Gasteiger partial charge is 0.234 e. The van der Waals surface area contributed by atoms with Crippen LogP contribution in [0.15, 0.2) is 0 Å². The van der Waals surface area contributed by atoms with E-state index >= 15 is 0 Å². The van der Waals surface area contributed by atoms with Crippen LogP contribution in [0.4, 0.5) is 0 Å². The summed E-state index contributed by atoms with van der Waals surface area (Å²) in [6.07, 6.45) is 1.56. The predicted octanol–water partition coefficient (Wildman–Crippen LogP) is 0.744. The largest absolute Gasteiger partial charge is 0.322 e. The van der Waals surface area contributed by atoms with Crippen LogP contribution in [0.25, 0.3) is 4.96 Å². The van der Waals surface area contributed by atoms with Crippen LogP contribution in [0.5, 0.6) is 0 Å². The van der Waals surface area contributed by atoms with Gasteiger partial charge in [-0.25, -0.2) is 8.42 Å². The van der Waals surface area contributed by atoms with Gasteiger partial charge in [-0.3, -0.25) is 0 Å². The fourth-order valence-corrected chi connectivity index (χ4v) is 3.18. The molecule has 106 valence electrons. The van der Waals surface area contributed by atoms with Gasteiger partial charge < -0.3 is 5.73 Å². The lowest BCUT2D eigenvalue weighted by Gasteiger charge is -2.06. The Morgan fingerprint density at radius 2 is 2.05 bits per heavy atom. The van der Waals surface area contributed by atoms with E-state index in [0.29, 0.717) is 16.4 Å². The van der Waals surface area contributed by atoms with Crippen molar-refractivity contribution < 1.29 is 8.42 Å². The maximum atomic E-state index is 11.1.